The predicted molar refractivity (Wildman–Crippen MR) is 260 cm³/mol. The number of benzene rings is 9. The third-order valence-electron chi connectivity index (χ3n) is 11.3. The molecular weight excluding hydrogens is 773 g/mol. The Kier molecular flexibility index (Phi) is 6.86. The van der Waals surface area contributed by atoms with Gasteiger partial charge in [-0.25, -0.2) is 15.0 Å². The SMILES string of the molecule is [2H]c1c([2H])c([2H])c2c(c1[2H])c1c([2H])c([2H])c([2H])c([2H])c1n2-c1cc(-c2cccc(-c3ccccc3)c2)ccc1-c1nc(-c2ccccc2)nc(-c2cccc(-c3cccc4c3sc3ccccc34)c2)n1. The lowest BCUT2D eigenvalue weighted by Gasteiger charge is -2.17. The summed E-state index contributed by atoms with van der Waals surface area (Å²) >= 11 is 1.75. The highest BCUT2D eigenvalue weighted by Gasteiger charge is 2.21. The molecule has 0 saturated carbocycles. The summed E-state index contributed by atoms with van der Waals surface area (Å²) in [4.78, 5) is 15.5. The average Bonchev–Trinajstić information content (AvgIpc) is 3.98. The summed E-state index contributed by atoms with van der Waals surface area (Å²) in [5.41, 5.74) is 7.82. The van der Waals surface area contributed by atoms with Gasteiger partial charge in [-0.2, -0.15) is 0 Å². The summed E-state index contributed by atoms with van der Waals surface area (Å²) in [5.74, 6) is 0.997. The van der Waals surface area contributed by atoms with Crippen LogP contribution in [0.25, 0.3) is 115 Å². The van der Waals surface area contributed by atoms with Gasteiger partial charge in [-0.15, -0.1) is 11.3 Å². The van der Waals surface area contributed by atoms with Crippen LogP contribution in [0.2, 0.25) is 0 Å². The fourth-order valence-corrected chi connectivity index (χ4v) is 9.64. The quantitative estimate of drug-likeness (QED) is 0.161. The minimum Gasteiger partial charge on any atom is -0.308 e. The Bertz CT molecular complexity index is 4040. The summed E-state index contributed by atoms with van der Waals surface area (Å²) in [6.07, 6.45) is 0. The van der Waals surface area contributed by atoms with E-state index in [2.05, 4.69) is 60.7 Å². The molecular formula is C57H36N4S. The second kappa shape index (κ2) is 14.9. The van der Waals surface area contributed by atoms with Crippen LogP contribution in [-0.2, 0) is 0 Å². The highest BCUT2D eigenvalue weighted by atomic mass is 32.1. The number of hydrogen-bond donors (Lipinski definition) is 0. The molecule has 5 heteroatoms. The van der Waals surface area contributed by atoms with Crippen LogP contribution in [0, 0.1) is 0 Å². The smallest absolute Gasteiger partial charge is 0.166 e. The van der Waals surface area contributed by atoms with Crippen LogP contribution in [0.4, 0.5) is 0 Å². The Hall–Kier alpha value is -7.99. The Balaban J connectivity index is 1.15. The summed E-state index contributed by atoms with van der Waals surface area (Å²) in [6.45, 7) is 0. The lowest BCUT2D eigenvalue weighted by atomic mass is 9.97. The van der Waals surface area contributed by atoms with E-state index in [1.165, 1.54) is 24.7 Å². The van der Waals surface area contributed by atoms with Gasteiger partial charge in [0.2, 0.25) is 0 Å². The van der Waals surface area contributed by atoms with E-state index in [4.69, 9.17) is 20.4 Å². The lowest BCUT2D eigenvalue weighted by molar-refractivity contribution is 1.06. The van der Waals surface area contributed by atoms with Gasteiger partial charge in [-0.3, -0.25) is 0 Å². The molecule has 0 aliphatic carbocycles. The third kappa shape index (κ3) is 6.18. The van der Waals surface area contributed by atoms with E-state index in [-0.39, 0.29) is 27.6 Å². The molecule has 0 atom stereocenters. The average molecular weight is 817 g/mol. The van der Waals surface area contributed by atoms with E-state index in [0.717, 1.165) is 44.5 Å². The molecule has 0 unspecified atom stereocenters. The summed E-state index contributed by atoms with van der Waals surface area (Å²) in [7, 11) is 0. The molecule has 0 saturated heterocycles. The van der Waals surface area contributed by atoms with Gasteiger partial charge in [-0.1, -0.05) is 176 Å². The molecule has 3 aromatic heterocycles. The maximum atomic E-state index is 9.41. The Labute approximate surface area is 374 Å². The molecule has 3 heterocycles. The molecule has 0 N–H and O–H groups in total. The number of thiophene rings is 1. The second-order valence-corrected chi connectivity index (χ2v) is 16.0. The number of rotatable bonds is 7. The number of nitrogens with zero attached hydrogens (tertiary/aromatic N) is 4. The van der Waals surface area contributed by atoms with Crippen molar-refractivity contribution in [1.82, 2.24) is 19.5 Å². The number of fused-ring (bicyclic) bond motifs is 6. The van der Waals surface area contributed by atoms with Crippen molar-refractivity contribution in [2.75, 3.05) is 0 Å². The monoisotopic (exact) mass is 816 g/mol. The third-order valence-corrected chi connectivity index (χ3v) is 12.5. The van der Waals surface area contributed by atoms with Crippen LogP contribution in [-0.4, -0.2) is 19.5 Å². The van der Waals surface area contributed by atoms with Crippen LogP contribution in [0.1, 0.15) is 11.0 Å². The van der Waals surface area contributed by atoms with E-state index in [1.807, 2.05) is 109 Å². The van der Waals surface area contributed by atoms with Gasteiger partial charge in [-0.05, 0) is 75.8 Å². The maximum Gasteiger partial charge on any atom is 0.166 e. The van der Waals surface area contributed by atoms with E-state index >= 15 is 0 Å². The first-order valence-electron chi connectivity index (χ1n) is 24.2. The molecule has 12 rings (SSSR count). The van der Waals surface area contributed by atoms with Crippen molar-refractivity contribution >= 4 is 53.3 Å². The largest absolute Gasteiger partial charge is 0.308 e. The molecule has 0 aliphatic heterocycles. The zero-order chi connectivity index (χ0) is 47.9. The topological polar surface area (TPSA) is 43.6 Å². The Morgan fingerprint density at radius 1 is 0.371 bits per heavy atom. The van der Waals surface area contributed by atoms with Crippen molar-refractivity contribution in [2.24, 2.45) is 0 Å². The first kappa shape index (κ1) is 28.5. The lowest BCUT2D eigenvalue weighted by Crippen LogP contribution is -2.04. The van der Waals surface area contributed by atoms with Crippen LogP contribution < -0.4 is 0 Å². The maximum absolute atomic E-state index is 9.41. The minimum atomic E-state index is -0.518. The first-order chi connectivity index (χ1) is 34.0. The van der Waals surface area contributed by atoms with Crippen molar-refractivity contribution in [1.29, 1.82) is 0 Å². The van der Waals surface area contributed by atoms with Crippen LogP contribution in [0.15, 0.2) is 218 Å². The summed E-state index contributed by atoms with van der Waals surface area (Å²) < 4.78 is 76.3. The molecule has 12 aromatic rings. The Morgan fingerprint density at radius 3 is 1.66 bits per heavy atom. The van der Waals surface area contributed by atoms with Gasteiger partial charge in [0, 0.05) is 47.6 Å². The molecule has 0 radical (unpaired) electrons. The predicted octanol–water partition coefficient (Wildman–Crippen LogP) is 15.3. The summed E-state index contributed by atoms with van der Waals surface area (Å²) in [5, 5.41) is 2.33. The van der Waals surface area contributed by atoms with E-state index in [9.17, 15) is 5.48 Å². The minimum absolute atomic E-state index is 0.00915. The highest BCUT2D eigenvalue weighted by Crippen LogP contribution is 2.42. The van der Waals surface area contributed by atoms with Gasteiger partial charge in [0.05, 0.1) is 27.7 Å². The molecule has 9 aromatic carbocycles. The summed E-state index contributed by atoms with van der Waals surface area (Å²) in [6, 6.07) is 52.5. The molecule has 0 bridgehead atoms. The van der Waals surface area contributed by atoms with Crippen molar-refractivity contribution in [3.05, 3.63) is 218 Å². The van der Waals surface area contributed by atoms with Gasteiger partial charge in [0.1, 0.15) is 0 Å². The van der Waals surface area contributed by atoms with Crippen LogP contribution in [0.3, 0.4) is 0 Å². The first-order valence-corrected chi connectivity index (χ1v) is 21.0. The molecule has 62 heavy (non-hydrogen) atoms. The number of hydrogen-bond acceptors (Lipinski definition) is 4. The molecule has 0 aliphatic rings. The van der Waals surface area contributed by atoms with Crippen molar-refractivity contribution in [3.63, 3.8) is 0 Å². The zero-order valence-electron chi connectivity index (χ0n) is 40.9. The van der Waals surface area contributed by atoms with Gasteiger partial charge in [0.25, 0.3) is 0 Å². The molecule has 0 amide bonds. The van der Waals surface area contributed by atoms with Gasteiger partial charge < -0.3 is 4.57 Å². The second-order valence-electron chi connectivity index (χ2n) is 15.0. The fourth-order valence-electron chi connectivity index (χ4n) is 8.40. The van der Waals surface area contributed by atoms with Gasteiger partial charge >= 0.3 is 0 Å². The van der Waals surface area contributed by atoms with Gasteiger partial charge in [0.15, 0.2) is 17.5 Å². The number of para-hydroxylation sites is 2. The normalized spacial score (nSPS) is 13.4. The fraction of sp³-hybridized carbons (Fsp3) is 0. The molecule has 0 fully saturated rings. The molecule has 4 nitrogen and oxygen atoms in total. The zero-order valence-corrected chi connectivity index (χ0v) is 33.7. The molecule has 0 spiro atoms. The standard InChI is InChI=1S/C57H36N4S/c1-3-16-37(17-4-1)39-20-13-21-40(34-39)41-32-33-49(52(36-41)61-50-29-10-7-24-45(50)46-25-8-11-30-51(46)61)57-59-55(38-18-5-2-6-19-38)58-56(60-57)43-23-14-22-42(35-43)44-27-15-28-48-47-26-9-12-31-53(47)62-54(44)48/h1-36H/i7D,8D,10D,11D,24D,25D,29D,30D. The van der Waals surface area contributed by atoms with Crippen molar-refractivity contribution in [3.8, 4) is 73.2 Å². The van der Waals surface area contributed by atoms with Crippen LogP contribution >= 0.6 is 11.3 Å². The van der Waals surface area contributed by atoms with Crippen molar-refractivity contribution < 1.29 is 11.0 Å². The van der Waals surface area contributed by atoms with E-state index in [0.29, 0.717) is 22.9 Å². The van der Waals surface area contributed by atoms with E-state index < -0.39 is 48.3 Å². The van der Waals surface area contributed by atoms with Crippen molar-refractivity contribution in [2.45, 2.75) is 0 Å². The molecule has 290 valence electrons. The number of aromatic nitrogens is 4. The Morgan fingerprint density at radius 2 is 0.903 bits per heavy atom. The van der Waals surface area contributed by atoms with E-state index in [1.54, 1.807) is 11.3 Å². The van der Waals surface area contributed by atoms with Crippen LogP contribution in [0.5, 0.6) is 0 Å². The highest BCUT2D eigenvalue weighted by molar-refractivity contribution is 7.26.